The molecule has 1 saturated heterocycles. The van der Waals surface area contributed by atoms with Crippen molar-refractivity contribution in [2.24, 2.45) is 5.92 Å². The molecule has 0 radical (unpaired) electrons. The van der Waals surface area contributed by atoms with Crippen molar-refractivity contribution in [3.8, 4) is 0 Å². The fourth-order valence-electron chi connectivity index (χ4n) is 4.12. The lowest BCUT2D eigenvalue weighted by Gasteiger charge is -2.33. The molecule has 0 aromatic carbocycles. The van der Waals surface area contributed by atoms with Gasteiger partial charge in [0.2, 0.25) is 5.91 Å². The zero-order valence-corrected chi connectivity index (χ0v) is 16.3. The number of H-pyrrole nitrogens is 1. The van der Waals surface area contributed by atoms with E-state index in [-0.39, 0.29) is 11.8 Å². The van der Waals surface area contributed by atoms with Gasteiger partial charge < -0.3 is 9.88 Å². The second-order valence-electron chi connectivity index (χ2n) is 7.78. The van der Waals surface area contributed by atoms with Crippen LogP contribution in [0.5, 0.6) is 0 Å². The fourth-order valence-corrected chi connectivity index (χ4v) is 4.12. The quantitative estimate of drug-likeness (QED) is 0.770. The standard InChI is InChI=1S/C21H27N5O/c1-14(13-26-16(3)11-15(2)24-26)21(27)25-9-6-17(7-10-25)19-12-18-5-4-8-22-20(18)23-19/h4-5,8,11-12,14,17H,6-7,9-10,13H2,1-3H3,(H,22,23). The predicted molar refractivity (Wildman–Crippen MR) is 106 cm³/mol. The number of aromatic nitrogens is 4. The Morgan fingerprint density at radius 3 is 2.74 bits per heavy atom. The number of carbonyl (C=O) groups excluding carboxylic acids is 1. The van der Waals surface area contributed by atoms with Gasteiger partial charge in [0.15, 0.2) is 0 Å². The average molecular weight is 365 g/mol. The fraction of sp³-hybridized carbons (Fsp3) is 0.476. The largest absolute Gasteiger partial charge is 0.343 e. The molecule has 27 heavy (non-hydrogen) atoms. The van der Waals surface area contributed by atoms with Crippen molar-refractivity contribution in [1.82, 2.24) is 24.6 Å². The number of pyridine rings is 1. The van der Waals surface area contributed by atoms with Crippen LogP contribution >= 0.6 is 0 Å². The molecule has 1 atom stereocenters. The second-order valence-corrected chi connectivity index (χ2v) is 7.78. The van der Waals surface area contributed by atoms with Crippen LogP contribution in [0.1, 0.15) is 42.8 Å². The van der Waals surface area contributed by atoms with Gasteiger partial charge in [0.05, 0.1) is 18.2 Å². The number of amides is 1. The first kappa shape index (κ1) is 17.8. The number of aryl methyl sites for hydroxylation is 2. The van der Waals surface area contributed by atoms with E-state index in [4.69, 9.17) is 0 Å². The lowest BCUT2D eigenvalue weighted by atomic mass is 9.93. The molecule has 6 heteroatoms. The van der Waals surface area contributed by atoms with Gasteiger partial charge in [-0.2, -0.15) is 5.10 Å². The molecule has 1 fully saturated rings. The third kappa shape index (κ3) is 3.61. The maximum absolute atomic E-state index is 12.9. The molecule has 4 rings (SSSR count). The van der Waals surface area contributed by atoms with Gasteiger partial charge in [0.25, 0.3) is 0 Å². The number of hydrogen-bond acceptors (Lipinski definition) is 3. The summed E-state index contributed by atoms with van der Waals surface area (Å²) in [5.74, 6) is 0.644. The van der Waals surface area contributed by atoms with Crippen molar-refractivity contribution >= 4 is 16.9 Å². The van der Waals surface area contributed by atoms with Crippen LogP contribution in [-0.2, 0) is 11.3 Å². The summed E-state index contributed by atoms with van der Waals surface area (Å²) < 4.78 is 1.95. The van der Waals surface area contributed by atoms with E-state index in [0.29, 0.717) is 12.5 Å². The number of fused-ring (bicyclic) bond motifs is 1. The molecule has 6 nitrogen and oxygen atoms in total. The zero-order valence-electron chi connectivity index (χ0n) is 16.3. The molecule has 1 aliphatic heterocycles. The molecule has 3 aromatic heterocycles. The minimum absolute atomic E-state index is 0.0585. The van der Waals surface area contributed by atoms with Gasteiger partial charge in [-0.3, -0.25) is 9.48 Å². The van der Waals surface area contributed by atoms with E-state index >= 15 is 0 Å². The van der Waals surface area contributed by atoms with E-state index in [0.717, 1.165) is 48.4 Å². The summed E-state index contributed by atoms with van der Waals surface area (Å²) in [4.78, 5) is 22.7. The van der Waals surface area contributed by atoms with Crippen LogP contribution in [0.25, 0.3) is 11.0 Å². The number of nitrogens with zero attached hydrogens (tertiary/aromatic N) is 4. The van der Waals surface area contributed by atoms with Gasteiger partial charge in [-0.15, -0.1) is 0 Å². The highest BCUT2D eigenvalue weighted by Crippen LogP contribution is 2.30. The summed E-state index contributed by atoms with van der Waals surface area (Å²) >= 11 is 0. The molecule has 0 aliphatic carbocycles. The minimum Gasteiger partial charge on any atom is -0.343 e. The molecular formula is C21H27N5O. The van der Waals surface area contributed by atoms with Crippen molar-refractivity contribution in [2.45, 2.75) is 46.1 Å². The Bertz CT molecular complexity index is 916. The lowest BCUT2D eigenvalue weighted by molar-refractivity contribution is -0.136. The van der Waals surface area contributed by atoms with Gasteiger partial charge in [-0.25, -0.2) is 4.98 Å². The van der Waals surface area contributed by atoms with E-state index in [2.05, 4.69) is 33.3 Å². The molecule has 142 valence electrons. The van der Waals surface area contributed by atoms with Crippen LogP contribution in [0.2, 0.25) is 0 Å². The molecule has 1 aliphatic rings. The number of carbonyl (C=O) groups is 1. The monoisotopic (exact) mass is 365 g/mol. The van der Waals surface area contributed by atoms with Crippen molar-refractivity contribution in [3.63, 3.8) is 0 Å². The smallest absolute Gasteiger partial charge is 0.227 e. The van der Waals surface area contributed by atoms with Crippen LogP contribution in [0.4, 0.5) is 0 Å². The van der Waals surface area contributed by atoms with Crippen LogP contribution in [0, 0.1) is 19.8 Å². The number of aromatic amines is 1. The normalized spacial score (nSPS) is 16.8. The van der Waals surface area contributed by atoms with Crippen molar-refractivity contribution < 1.29 is 4.79 Å². The van der Waals surface area contributed by atoms with Crippen LogP contribution < -0.4 is 0 Å². The predicted octanol–water partition coefficient (Wildman–Crippen LogP) is 3.42. The average Bonchev–Trinajstić information content (AvgIpc) is 3.24. The number of nitrogens with one attached hydrogen (secondary N) is 1. The van der Waals surface area contributed by atoms with E-state index < -0.39 is 0 Å². The summed E-state index contributed by atoms with van der Waals surface area (Å²) in [7, 11) is 0. The molecule has 3 aromatic rings. The maximum atomic E-state index is 12.9. The molecule has 0 bridgehead atoms. The summed E-state index contributed by atoms with van der Waals surface area (Å²) in [5, 5.41) is 5.64. The van der Waals surface area contributed by atoms with E-state index in [1.165, 1.54) is 5.69 Å². The molecule has 1 amide bonds. The minimum atomic E-state index is -0.0585. The van der Waals surface area contributed by atoms with Crippen molar-refractivity contribution in [2.75, 3.05) is 13.1 Å². The summed E-state index contributed by atoms with van der Waals surface area (Å²) in [6, 6.07) is 8.31. The first-order chi connectivity index (χ1) is 13.0. The topological polar surface area (TPSA) is 66.8 Å². The molecule has 0 spiro atoms. The Kier molecular flexibility index (Phi) is 4.72. The Morgan fingerprint density at radius 2 is 2.07 bits per heavy atom. The highest BCUT2D eigenvalue weighted by molar-refractivity contribution is 5.79. The first-order valence-electron chi connectivity index (χ1n) is 9.74. The van der Waals surface area contributed by atoms with Gasteiger partial charge in [-0.05, 0) is 51.0 Å². The van der Waals surface area contributed by atoms with Crippen molar-refractivity contribution in [3.05, 3.63) is 47.5 Å². The van der Waals surface area contributed by atoms with E-state index in [1.54, 1.807) is 0 Å². The molecule has 0 saturated carbocycles. The van der Waals surface area contributed by atoms with Gasteiger partial charge in [-0.1, -0.05) is 6.92 Å². The van der Waals surface area contributed by atoms with Crippen LogP contribution in [0.3, 0.4) is 0 Å². The third-order valence-corrected chi connectivity index (χ3v) is 5.63. The van der Waals surface area contributed by atoms with Crippen molar-refractivity contribution in [1.29, 1.82) is 0 Å². The number of rotatable bonds is 4. The van der Waals surface area contributed by atoms with E-state index in [1.807, 2.05) is 42.6 Å². The Morgan fingerprint density at radius 1 is 1.30 bits per heavy atom. The Balaban J connectivity index is 1.36. The first-order valence-corrected chi connectivity index (χ1v) is 9.74. The van der Waals surface area contributed by atoms with Gasteiger partial charge in [0.1, 0.15) is 5.65 Å². The summed E-state index contributed by atoms with van der Waals surface area (Å²) in [6.07, 6.45) is 3.80. The molecular weight excluding hydrogens is 338 g/mol. The number of piperidine rings is 1. The Labute approximate surface area is 159 Å². The van der Waals surface area contributed by atoms with Gasteiger partial charge >= 0.3 is 0 Å². The zero-order chi connectivity index (χ0) is 19.0. The third-order valence-electron chi connectivity index (χ3n) is 5.63. The molecule has 1 N–H and O–H groups in total. The van der Waals surface area contributed by atoms with Crippen LogP contribution in [-0.4, -0.2) is 43.6 Å². The molecule has 1 unspecified atom stereocenters. The van der Waals surface area contributed by atoms with Crippen LogP contribution in [0.15, 0.2) is 30.5 Å². The number of likely N-dealkylation sites (tertiary alicyclic amines) is 1. The number of hydrogen-bond donors (Lipinski definition) is 1. The summed E-state index contributed by atoms with van der Waals surface area (Å²) in [6.45, 7) is 8.31. The Hall–Kier alpha value is -2.63. The van der Waals surface area contributed by atoms with E-state index in [9.17, 15) is 4.79 Å². The maximum Gasteiger partial charge on any atom is 0.227 e. The lowest BCUT2D eigenvalue weighted by Crippen LogP contribution is -2.41. The van der Waals surface area contributed by atoms with Gasteiger partial charge in [0, 0.05) is 42.0 Å². The highest BCUT2D eigenvalue weighted by Gasteiger charge is 2.28. The molecule has 4 heterocycles. The highest BCUT2D eigenvalue weighted by atomic mass is 16.2. The summed E-state index contributed by atoms with van der Waals surface area (Å²) in [5.41, 5.74) is 4.30. The SMILES string of the molecule is Cc1cc(C)n(CC(C)C(=O)N2CCC(c3cc4cccnc4[nH]3)CC2)n1. The second kappa shape index (κ2) is 7.18.